The molecule has 1 atom stereocenters. The predicted octanol–water partition coefficient (Wildman–Crippen LogP) is 4.41. The van der Waals surface area contributed by atoms with Crippen LogP contribution in [0, 0.1) is 0 Å². The summed E-state index contributed by atoms with van der Waals surface area (Å²) in [6, 6.07) is 19.8. The molecular weight excluding hydrogens is 458 g/mol. The van der Waals surface area contributed by atoms with Gasteiger partial charge >= 0.3 is 0 Å². The topological polar surface area (TPSA) is 98.9 Å². The number of hydrogen-bond acceptors (Lipinski definition) is 6. The Balaban J connectivity index is 1.25. The number of hydrogen-bond donors (Lipinski definition) is 2. The predicted molar refractivity (Wildman–Crippen MR) is 147 cm³/mol. The number of nitrogens with two attached hydrogens (primary N) is 2. The largest absolute Gasteiger partial charge is 0.370 e. The lowest BCUT2D eigenvalue weighted by molar-refractivity contribution is 0.463. The van der Waals surface area contributed by atoms with Crippen molar-refractivity contribution in [2.24, 2.45) is 5.73 Å². The first-order chi connectivity index (χ1) is 18.1. The molecule has 2 aromatic carbocycles. The Morgan fingerprint density at radius 1 is 0.865 bits per heavy atom. The molecule has 8 rings (SSSR count). The highest BCUT2D eigenvalue weighted by molar-refractivity contribution is 5.83. The van der Waals surface area contributed by atoms with Crippen LogP contribution in [0.15, 0.2) is 54.6 Å². The number of anilines is 2. The van der Waals surface area contributed by atoms with E-state index in [2.05, 4.69) is 64.5 Å². The van der Waals surface area contributed by atoms with Gasteiger partial charge in [0.2, 0.25) is 5.95 Å². The molecule has 4 N–H and O–H groups in total. The average Bonchev–Trinajstić information content (AvgIpc) is 3.20. The van der Waals surface area contributed by atoms with E-state index in [1.165, 1.54) is 39.2 Å². The molecular formula is C30H33N7. The number of rotatable bonds is 4. The molecule has 0 spiro atoms. The van der Waals surface area contributed by atoms with Gasteiger partial charge in [-0.25, -0.2) is 4.98 Å². The Morgan fingerprint density at radius 2 is 1.65 bits per heavy atom. The first-order valence-electron chi connectivity index (χ1n) is 13.6. The molecule has 37 heavy (non-hydrogen) atoms. The number of nitrogens with zero attached hydrogens (tertiary/aromatic N) is 5. The van der Waals surface area contributed by atoms with Crippen molar-refractivity contribution < 1.29 is 0 Å². The second-order valence-corrected chi connectivity index (χ2v) is 10.8. The van der Waals surface area contributed by atoms with E-state index < -0.39 is 0 Å². The minimum Gasteiger partial charge on any atom is -0.370 e. The fourth-order valence-electron chi connectivity index (χ4n) is 6.37. The summed E-state index contributed by atoms with van der Waals surface area (Å²) in [7, 11) is 0. The van der Waals surface area contributed by atoms with Gasteiger partial charge in [-0.1, -0.05) is 48.5 Å². The molecule has 4 aliphatic rings. The zero-order valence-corrected chi connectivity index (χ0v) is 21.1. The van der Waals surface area contributed by atoms with Crippen molar-refractivity contribution in [2.45, 2.75) is 56.9 Å². The van der Waals surface area contributed by atoms with E-state index in [0.29, 0.717) is 30.2 Å². The van der Waals surface area contributed by atoms with E-state index in [1.807, 2.05) is 0 Å². The van der Waals surface area contributed by atoms with Crippen molar-refractivity contribution in [1.82, 2.24) is 19.7 Å². The van der Waals surface area contributed by atoms with E-state index in [4.69, 9.17) is 21.5 Å². The van der Waals surface area contributed by atoms with Crippen LogP contribution in [0.1, 0.15) is 59.8 Å². The van der Waals surface area contributed by atoms with E-state index in [9.17, 15) is 0 Å². The number of aryl methyl sites for hydroxylation is 2. The molecule has 4 aromatic rings. The maximum atomic E-state index is 6.44. The smallest absolute Gasteiger partial charge is 0.225 e. The third kappa shape index (κ3) is 4.07. The van der Waals surface area contributed by atoms with Gasteiger partial charge in [-0.15, -0.1) is 5.10 Å². The minimum absolute atomic E-state index is 0.296. The lowest BCUT2D eigenvalue weighted by Crippen LogP contribution is -2.40. The molecule has 0 amide bonds. The molecule has 1 aliphatic carbocycles. The summed E-state index contributed by atoms with van der Waals surface area (Å²) in [5, 5.41) is 4.85. The van der Waals surface area contributed by atoms with Gasteiger partial charge in [0.15, 0.2) is 11.6 Å². The molecule has 2 bridgehead atoms. The SMILES string of the molecule is Nc1nc(Cc2ccc3c(c2)CC[C@@H](N)CC3)nn1-c1cc(-c2ccccc2)c2c(n1)C1CCN2CC1. The van der Waals surface area contributed by atoms with E-state index in [0.717, 1.165) is 57.4 Å². The maximum Gasteiger partial charge on any atom is 0.225 e. The van der Waals surface area contributed by atoms with Crippen LogP contribution in [0.2, 0.25) is 0 Å². The first kappa shape index (κ1) is 22.5. The van der Waals surface area contributed by atoms with Crippen LogP contribution in [-0.2, 0) is 19.3 Å². The van der Waals surface area contributed by atoms with Crippen LogP contribution in [0.5, 0.6) is 0 Å². The van der Waals surface area contributed by atoms with Gasteiger partial charge in [0, 0.05) is 37.0 Å². The molecule has 1 fully saturated rings. The number of benzene rings is 2. The van der Waals surface area contributed by atoms with Gasteiger partial charge in [-0.3, -0.25) is 0 Å². The molecule has 3 aliphatic heterocycles. The average molecular weight is 492 g/mol. The van der Waals surface area contributed by atoms with Gasteiger partial charge < -0.3 is 16.4 Å². The summed E-state index contributed by atoms with van der Waals surface area (Å²) in [5.41, 5.74) is 21.5. The van der Waals surface area contributed by atoms with Gasteiger partial charge in [0.25, 0.3) is 0 Å². The maximum absolute atomic E-state index is 6.44. The second-order valence-electron chi connectivity index (χ2n) is 10.8. The lowest BCUT2D eigenvalue weighted by Gasteiger charge is -2.42. The van der Waals surface area contributed by atoms with Crippen molar-refractivity contribution in [3.05, 3.63) is 82.8 Å². The van der Waals surface area contributed by atoms with E-state index in [-0.39, 0.29) is 0 Å². The van der Waals surface area contributed by atoms with Crippen LogP contribution in [0.4, 0.5) is 11.6 Å². The minimum atomic E-state index is 0.296. The molecule has 7 nitrogen and oxygen atoms in total. The van der Waals surface area contributed by atoms with Crippen molar-refractivity contribution >= 4 is 11.6 Å². The van der Waals surface area contributed by atoms with Crippen LogP contribution in [0.3, 0.4) is 0 Å². The molecule has 188 valence electrons. The van der Waals surface area contributed by atoms with E-state index in [1.54, 1.807) is 4.68 Å². The fraction of sp³-hybridized carbons (Fsp3) is 0.367. The highest BCUT2D eigenvalue weighted by Gasteiger charge is 2.35. The fourth-order valence-corrected chi connectivity index (χ4v) is 6.37. The Morgan fingerprint density at radius 3 is 2.46 bits per heavy atom. The van der Waals surface area contributed by atoms with Crippen LogP contribution in [-0.4, -0.2) is 38.9 Å². The quantitative estimate of drug-likeness (QED) is 0.411. The van der Waals surface area contributed by atoms with Gasteiger partial charge in [0.1, 0.15) is 0 Å². The van der Waals surface area contributed by atoms with Crippen molar-refractivity contribution in [1.29, 1.82) is 0 Å². The Bertz CT molecular complexity index is 1450. The summed E-state index contributed by atoms with van der Waals surface area (Å²) in [6.07, 6.45) is 7.15. The Kier molecular flexibility index (Phi) is 5.47. The standard InChI is InChI=1S/C30H33N7/c31-24-10-8-20-7-6-19(16-23(20)9-11-24)17-26-33-30(32)37(35-26)27-18-25(21-4-2-1-3-5-21)29-28(34-27)22-12-14-36(29)15-13-22/h1-7,16,18,22,24H,8-15,17,31H2,(H2,32,33,35)/t24-/m0/s1. The molecule has 0 unspecified atom stereocenters. The lowest BCUT2D eigenvalue weighted by atomic mass is 9.84. The second kappa shape index (κ2) is 8.99. The molecule has 0 radical (unpaired) electrons. The summed E-state index contributed by atoms with van der Waals surface area (Å²) < 4.78 is 1.72. The Labute approximate surface area is 217 Å². The third-order valence-electron chi connectivity index (χ3n) is 8.38. The molecule has 5 heterocycles. The third-order valence-corrected chi connectivity index (χ3v) is 8.38. The summed E-state index contributed by atoms with van der Waals surface area (Å²) in [4.78, 5) is 12.3. The van der Waals surface area contributed by atoms with Crippen LogP contribution in [0.25, 0.3) is 16.9 Å². The molecule has 1 saturated heterocycles. The zero-order chi connectivity index (χ0) is 24.9. The molecule has 0 saturated carbocycles. The normalized spacial score (nSPS) is 18.9. The van der Waals surface area contributed by atoms with Crippen LogP contribution < -0.4 is 16.4 Å². The molecule has 2 aromatic heterocycles. The van der Waals surface area contributed by atoms with Crippen LogP contribution >= 0.6 is 0 Å². The molecule has 7 heteroatoms. The summed E-state index contributed by atoms with van der Waals surface area (Å²) in [5.74, 6) is 2.33. The highest BCUT2D eigenvalue weighted by Crippen LogP contribution is 2.46. The number of pyridine rings is 1. The van der Waals surface area contributed by atoms with Gasteiger partial charge in [0.05, 0.1) is 11.4 Å². The van der Waals surface area contributed by atoms with E-state index >= 15 is 0 Å². The number of piperidine rings is 1. The van der Waals surface area contributed by atoms with Crippen molar-refractivity contribution in [3.63, 3.8) is 0 Å². The zero-order valence-electron chi connectivity index (χ0n) is 21.1. The van der Waals surface area contributed by atoms with Crippen molar-refractivity contribution in [3.8, 4) is 16.9 Å². The Hall–Kier alpha value is -3.71. The van der Waals surface area contributed by atoms with Crippen molar-refractivity contribution in [2.75, 3.05) is 23.7 Å². The number of fused-ring (bicyclic) bond motifs is 3. The summed E-state index contributed by atoms with van der Waals surface area (Å²) in [6.45, 7) is 2.20. The summed E-state index contributed by atoms with van der Waals surface area (Å²) >= 11 is 0. The van der Waals surface area contributed by atoms with Gasteiger partial charge in [-0.05, 0) is 66.8 Å². The highest BCUT2D eigenvalue weighted by atomic mass is 15.4. The number of nitrogen functional groups attached to an aromatic ring is 1. The first-order valence-corrected chi connectivity index (χ1v) is 13.6. The number of aromatic nitrogens is 4. The monoisotopic (exact) mass is 491 g/mol. The van der Waals surface area contributed by atoms with Gasteiger partial charge in [-0.2, -0.15) is 9.67 Å².